The number of amidine groups is 1. The smallest absolute Gasteiger partial charge is 0.265 e. The first-order valence-electron chi connectivity index (χ1n) is 12.7. The highest BCUT2D eigenvalue weighted by atomic mass is 16.3. The molecule has 5 nitrogen and oxygen atoms in total. The highest BCUT2D eigenvalue weighted by molar-refractivity contribution is 6.44. The molecule has 0 bridgehead atoms. The highest BCUT2D eigenvalue weighted by Crippen LogP contribution is 2.50. The molecule has 184 valence electrons. The average Bonchev–Trinajstić information content (AvgIpc) is 3.25. The molecule has 2 N–H and O–H groups in total. The van der Waals surface area contributed by atoms with Crippen LogP contribution in [-0.4, -0.2) is 22.0 Å². The lowest BCUT2D eigenvalue weighted by molar-refractivity contribution is 0.101. The van der Waals surface area contributed by atoms with E-state index in [4.69, 9.17) is 4.99 Å². The van der Waals surface area contributed by atoms with Crippen LogP contribution >= 0.6 is 0 Å². The van der Waals surface area contributed by atoms with Gasteiger partial charge in [0.2, 0.25) is 0 Å². The van der Waals surface area contributed by atoms with E-state index in [0.717, 1.165) is 60.7 Å². The minimum Gasteiger partial charge on any atom is -0.508 e. The summed E-state index contributed by atoms with van der Waals surface area (Å²) in [6, 6.07) is 34.1. The Bertz CT molecular complexity index is 2040. The summed E-state index contributed by atoms with van der Waals surface area (Å²) in [5.74, 6) is 0.791. The Labute approximate surface area is 223 Å². The van der Waals surface area contributed by atoms with Gasteiger partial charge in [0.05, 0.1) is 16.9 Å². The zero-order valence-corrected chi connectivity index (χ0v) is 20.6. The topological polar surface area (TPSA) is 73.1 Å². The number of hydrogen-bond acceptors (Lipinski definition) is 4. The van der Waals surface area contributed by atoms with Gasteiger partial charge >= 0.3 is 0 Å². The molecule has 0 saturated carbocycles. The maximum absolute atomic E-state index is 14.6. The minimum atomic E-state index is -0.139. The summed E-state index contributed by atoms with van der Waals surface area (Å²) in [6.45, 7) is 0. The molecule has 39 heavy (non-hydrogen) atoms. The van der Waals surface area contributed by atoms with Crippen molar-refractivity contribution in [2.24, 2.45) is 4.99 Å². The summed E-state index contributed by atoms with van der Waals surface area (Å²) in [5.41, 5.74) is 6.39. The van der Waals surface area contributed by atoms with E-state index in [1.165, 1.54) is 0 Å². The van der Waals surface area contributed by atoms with Crippen LogP contribution in [0.25, 0.3) is 43.8 Å². The van der Waals surface area contributed by atoms with Gasteiger partial charge in [0.1, 0.15) is 17.3 Å². The monoisotopic (exact) mass is 504 g/mol. The van der Waals surface area contributed by atoms with E-state index < -0.39 is 0 Å². The minimum absolute atomic E-state index is 0.139. The number of aliphatic imine (C=N–C) groups is 1. The van der Waals surface area contributed by atoms with Gasteiger partial charge in [-0.25, -0.2) is 4.99 Å². The van der Waals surface area contributed by atoms with E-state index in [9.17, 15) is 15.0 Å². The van der Waals surface area contributed by atoms with Crippen molar-refractivity contribution >= 4 is 44.7 Å². The molecule has 6 aromatic carbocycles. The summed E-state index contributed by atoms with van der Waals surface area (Å²) >= 11 is 0. The van der Waals surface area contributed by atoms with Crippen molar-refractivity contribution in [3.63, 3.8) is 0 Å². The first kappa shape index (κ1) is 21.6. The normalized spacial score (nSPS) is 13.5. The molecule has 2 aliphatic rings. The first-order chi connectivity index (χ1) is 19.1. The van der Waals surface area contributed by atoms with Crippen LogP contribution in [0.5, 0.6) is 11.5 Å². The Hall–Kier alpha value is -5.42. The molecular formula is C34H20N2O3. The van der Waals surface area contributed by atoms with Gasteiger partial charge in [0, 0.05) is 22.1 Å². The second kappa shape index (κ2) is 7.79. The van der Waals surface area contributed by atoms with Crippen molar-refractivity contribution in [2.45, 2.75) is 0 Å². The number of benzene rings is 6. The molecule has 0 saturated heterocycles. The van der Waals surface area contributed by atoms with Crippen LogP contribution < -0.4 is 4.90 Å². The number of aromatic hydroxyl groups is 2. The fraction of sp³-hybridized carbons (Fsp3) is 0. The number of carbonyl (C=O) groups is 1. The van der Waals surface area contributed by atoms with Gasteiger partial charge in [-0.1, -0.05) is 72.8 Å². The molecular weight excluding hydrogens is 484 g/mol. The summed E-state index contributed by atoms with van der Waals surface area (Å²) in [5, 5.41) is 23.9. The van der Waals surface area contributed by atoms with E-state index in [1.54, 1.807) is 29.2 Å². The van der Waals surface area contributed by atoms with Crippen molar-refractivity contribution < 1.29 is 15.0 Å². The maximum Gasteiger partial charge on any atom is 0.265 e. The molecule has 2 heterocycles. The van der Waals surface area contributed by atoms with Crippen molar-refractivity contribution in [1.82, 2.24) is 0 Å². The van der Waals surface area contributed by atoms with Gasteiger partial charge in [-0.15, -0.1) is 0 Å². The third-order valence-electron chi connectivity index (χ3n) is 7.71. The van der Waals surface area contributed by atoms with Crippen LogP contribution in [0.1, 0.15) is 15.9 Å². The third kappa shape index (κ3) is 2.95. The van der Waals surface area contributed by atoms with Crippen molar-refractivity contribution in [3.8, 4) is 33.8 Å². The van der Waals surface area contributed by atoms with Crippen LogP contribution in [0.2, 0.25) is 0 Å². The maximum atomic E-state index is 14.6. The number of phenolic OH excluding ortho intramolecular Hbond substituents is 2. The van der Waals surface area contributed by atoms with Crippen LogP contribution in [0.3, 0.4) is 0 Å². The lowest BCUT2D eigenvalue weighted by Gasteiger charge is -2.25. The SMILES string of the molecule is O=C1c2c(c(-c3ccc(O)cc3)c3ccccc3c2-c2ccc(O)cc2)C2=Nc3cccc4cccc(c34)N12. The summed E-state index contributed by atoms with van der Waals surface area (Å²) in [6.07, 6.45) is 0. The Kier molecular flexibility index (Phi) is 4.32. The largest absolute Gasteiger partial charge is 0.508 e. The number of nitrogens with zero attached hydrogens (tertiary/aromatic N) is 2. The number of rotatable bonds is 2. The number of fused-ring (bicyclic) bond motifs is 5. The van der Waals surface area contributed by atoms with E-state index in [2.05, 4.69) is 6.07 Å². The number of hydrogen-bond donors (Lipinski definition) is 2. The Balaban J connectivity index is 1.56. The second-order valence-electron chi connectivity index (χ2n) is 9.87. The summed E-state index contributed by atoms with van der Waals surface area (Å²) < 4.78 is 0. The van der Waals surface area contributed by atoms with E-state index >= 15 is 0 Å². The highest BCUT2D eigenvalue weighted by Gasteiger charge is 2.43. The molecule has 0 atom stereocenters. The van der Waals surface area contributed by atoms with Gasteiger partial charge < -0.3 is 10.2 Å². The van der Waals surface area contributed by atoms with Gasteiger partial charge in [-0.05, 0) is 63.7 Å². The van der Waals surface area contributed by atoms with Gasteiger partial charge in [0.25, 0.3) is 5.91 Å². The second-order valence-corrected chi connectivity index (χ2v) is 9.87. The number of phenols is 2. The van der Waals surface area contributed by atoms with Gasteiger partial charge in [-0.2, -0.15) is 0 Å². The number of amides is 1. The van der Waals surface area contributed by atoms with Crippen molar-refractivity contribution in [1.29, 1.82) is 0 Å². The number of carbonyl (C=O) groups excluding carboxylic acids is 1. The van der Waals surface area contributed by atoms with E-state index in [1.807, 2.05) is 78.9 Å². The molecule has 6 aromatic rings. The van der Waals surface area contributed by atoms with Gasteiger partial charge in [-0.3, -0.25) is 9.69 Å². The standard InChI is InChI=1S/C34H20N2O3/c37-22-15-11-20(12-16-22)28-24-7-1-2-8-25(24)29(21-13-17-23(38)18-14-21)32-31(28)33-35-26-9-3-5-19-6-4-10-27(30(19)26)36(33)34(32)39/h1-18,37-38H. The fourth-order valence-corrected chi connectivity index (χ4v) is 6.08. The zero-order valence-electron chi connectivity index (χ0n) is 20.6. The first-order valence-corrected chi connectivity index (χ1v) is 12.7. The molecule has 0 aromatic heterocycles. The Morgan fingerprint density at radius 3 is 1.74 bits per heavy atom. The molecule has 1 amide bonds. The Morgan fingerprint density at radius 2 is 1.13 bits per heavy atom. The molecule has 0 radical (unpaired) electrons. The van der Waals surface area contributed by atoms with Crippen molar-refractivity contribution in [3.05, 3.63) is 120 Å². The Morgan fingerprint density at radius 1 is 0.564 bits per heavy atom. The van der Waals surface area contributed by atoms with Crippen LogP contribution in [0.4, 0.5) is 11.4 Å². The molecule has 0 aliphatic carbocycles. The van der Waals surface area contributed by atoms with E-state index in [-0.39, 0.29) is 17.4 Å². The molecule has 8 rings (SSSR count). The van der Waals surface area contributed by atoms with Crippen LogP contribution in [0.15, 0.2) is 114 Å². The molecule has 0 unspecified atom stereocenters. The van der Waals surface area contributed by atoms with Crippen LogP contribution in [0, 0.1) is 0 Å². The number of anilines is 1. The van der Waals surface area contributed by atoms with E-state index in [0.29, 0.717) is 11.4 Å². The summed E-state index contributed by atoms with van der Waals surface area (Å²) in [4.78, 5) is 21.4. The lowest BCUT2D eigenvalue weighted by atomic mass is 9.84. The molecule has 0 spiro atoms. The summed E-state index contributed by atoms with van der Waals surface area (Å²) in [7, 11) is 0. The third-order valence-corrected chi connectivity index (χ3v) is 7.71. The van der Waals surface area contributed by atoms with Crippen molar-refractivity contribution in [2.75, 3.05) is 4.90 Å². The lowest BCUT2D eigenvalue weighted by Crippen LogP contribution is -2.31. The quantitative estimate of drug-likeness (QED) is 0.253. The zero-order chi connectivity index (χ0) is 26.2. The molecule has 5 heteroatoms. The average molecular weight is 505 g/mol. The molecule has 0 fully saturated rings. The van der Waals surface area contributed by atoms with Crippen LogP contribution in [-0.2, 0) is 0 Å². The predicted octanol–water partition coefficient (Wildman–Crippen LogP) is 7.79. The van der Waals surface area contributed by atoms with Gasteiger partial charge in [0.15, 0.2) is 0 Å². The molecule has 2 aliphatic heterocycles. The predicted molar refractivity (Wildman–Crippen MR) is 155 cm³/mol. The fourth-order valence-electron chi connectivity index (χ4n) is 6.08.